The van der Waals surface area contributed by atoms with Crippen molar-refractivity contribution in [2.24, 2.45) is 0 Å². The van der Waals surface area contributed by atoms with Crippen LogP contribution < -0.4 is 10.0 Å². The SMILES string of the molecule is O=S(=O)(Nc1nc2c(s1)CNCC2)N1CCCC1. The zero-order chi connectivity index (χ0) is 12.6. The molecule has 0 saturated carbocycles. The summed E-state index contributed by atoms with van der Waals surface area (Å²) in [7, 11) is -3.40. The highest BCUT2D eigenvalue weighted by molar-refractivity contribution is 7.90. The summed E-state index contributed by atoms with van der Waals surface area (Å²) in [5.74, 6) is 0. The van der Waals surface area contributed by atoms with Gasteiger partial charge in [0.25, 0.3) is 0 Å². The lowest BCUT2D eigenvalue weighted by atomic mass is 10.2. The monoisotopic (exact) mass is 288 g/mol. The maximum absolute atomic E-state index is 12.1. The Bertz CT molecular complexity index is 511. The fraction of sp³-hybridized carbons (Fsp3) is 0.700. The maximum atomic E-state index is 12.1. The standard InChI is InChI=1S/C10H16N4O2S2/c15-18(16,14-5-1-2-6-14)13-10-12-8-3-4-11-7-9(8)17-10/h11H,1-7H2,(H,12,13). The van der Waals surface area contributed by atoms with Crippen molar-refractivity contribution in [3.8, 4) is 0 Å². The Morgan fingerprint density at radius 1 is 1.33 bits per heavy atom. The third-order valence-electron chi connectivity index (χ3n) is 3.22. The lowest BCUT2D eigenvalue weighted by molar-refractivity contribution is 0.482. The van der Waals surface area contributed by atoms with Gasteiger partial charge in [-0.05, 0) is 12.8 Å². The summed E-state index contributed by atoms with van der Waals surface area (Å²) in [5.41, 5.74) is 1.03. The lowest BCUT2D eigenvalue weighted by Gasteiger charge is -2.14. The summed E-state index contributed by atoms with van der Waals surface area (Å²) >= 11 is 1.43. The first-order valence-electron chi connectivity index (χ1n) is 6.12. The van der Waals surface area contributed by atoms with Gasteiger partial charge in [0, 0.05) is 37.5 Å². The quantitative estimate of drug-likeness (QED) is 0.851. The molecule has 2 aliphatic heterocycles. The van der Waals surface area contributed by atoms with Gasteiger partial charge in [0.1, 0.15) is 0 Å². The molecule has 100 valence electrons. The van der Waals surface area contributed by atoms with Gasteiger partial charge < -0.3 is 5.32 Å². The third-order valence-corrected chi connectivity index (χ3v) is 5.86. The third kappa shape index (κ3) is 2.37. The summed E-state index contributed by atoms with van der Waals surface area (Å²) in [6, 6.07) is 0. The first kappa shape index (κ1) is 12.3. The second kappa shape index (κ2) is 4.76. The first-order valence-corrected chi connectivity index (χ1v) is 8.38. The zero-order valence-electron chi connectivity index (χ0n) is 9.98. The van der Waals surface area contributed by atoms with E-state index >= 15 is 0 Å². The van der Waals surface area contributed by atoms with E-state index in [0.717, 1.165) is 42.9 Å². The van der Waals surface area contributed by atoms with Gasteiger partial charge >= 0.3 is 10.2 Å². The molecule has 8 heteroatoms. The van der Waals surface area contributed by atoms with Crippen molar-refractivity contribution in [1.82, 2.24) is 14.6 Å². The van der Waals surface area contributed by atoms with Crippen LogP contribution >= 0.6 is 11.3 Å². The predicted molar refractivity (Wildman–Crippen MR) is 70.9 cm³/mol. The molecule has 2 N–H and O–H groups in total. The van der Waals surface area contributed by atoms with Gasteiger partial charge in [-0.1, -0.05) is 11.3 Å². The number of anilines is 1. The Labute approximate surface area is 111 Å². The van der Waals surface area contributed by atoms with Gasteiger partial charge in [-0.25, -0.2) is 9.71 Å². The number of nitrogens with zero attached hydrogens (tertiary/aromatic N) is 2. The van der Waals surface area contributed by atoms with Crippen molar-refractivity contribution in [2.45, 2.75) is 25.8 Å². The predicted octanol–water partition coefficient (Wildman–Crippen LogP) is 0.541. The van der Waals surface area contributed by atoms with Crippen molar-refractivity contribution in [1.29, 1.82) is 0 Å². The molecule has 2 aliphatic rings. The first-order chi connectivity index (χ1) is 8.65. The Kier molecular flexibility index (Phi) is 3.27. The van der Waals surface area contributed by atoms with Gasteiger partial charge in [-0.2, -0.15) is 12.7 Å². The highest BCUT2D eigenvalue weighted by Crippen LogP contribution is 2.27. The van der Waals surface area contributed by atoms with E-state index in [-0.39, 0.29) is 0 Å². The molecule has 0 aromatic carbocycles. The number of nitrogens with one attached hydrogen (secondary N) is 2. The fourth-order valence-corrected chi connectivity index (χ4v) is 4.72. The van der Waals surface area contributed by atoms with Crippen molar-refractivity contribution in [3.63, 3.8) is 0 Å². The molecule has 0 spiro atoms. The fourth-order valence-electron chi connectivity index (χ4n) is 2.27. The van der Waals surface area contributed by atoms with E-state index < -0.39 is 10.2 Å². The molecule has 1 aromatic heterocycles. The molecule has 3 rings (SSSR count). The molecule has 18 heavy (non-hydrogen) atoms. The summed E-state index contributed by atoms with van der Waals surface area (Å²) < 4.78 is 28.2. The molecule has 0 unspecified atom stereocenters. The van der Waals surface area contributed by atoms with Crippen molar-refractivity contribution >= 4 is 26.7 Å². The minimum Gasteiger partial charge on any atom is -0.311 e. The molecular formula is C10H16N4O2S2. The zero-order valence-corrected chi connectivity index (χ0v) is 11.6. The van der Waals surface area contributed by atoms with Crippen molar-refractivity contribution in [3.05, 3.63) is 10.6 Å². The largest absolute Gasteiger partial charge is 0.311 e. The van der Waals surface area contributed by atoms with E-state index in [4.69, 9.17) is 0 Å². The second-order valence-electron chi connectivity index (χ2n) is 4.53. The van der Waals surface area contributed by atoms with Gasteiger partial charge in [-0.3, -0.25) is 0 Å². The van der Waals surface area contributed by atoms with Crippen LogP contribution in [0.25, 0.3) is 0 Å². The maximum Gasteiger partial charge on any atom is 0.303 e. The molecule has 0 aliphatic carbocycles. The summed E-state index contributed by atoms with van der Waals surface area (Å²) in [4.78, 5) is 5.51. The van der Waals surface area contributed by atoms with Crippen LogP contribution in [0.4, 0.5) is 5.13 Å². The summed E-state index contributed by atoms with van der Waals surface area (Å²) in [5, 5.41) is 3.75. The number of thiazole rings is 1. The molecule has 1 saturated heterocycles. The normalized spacial score (nSPS) is 20.9. The lowest BCUT2D eigenvalue weighted by Crippen LogP contribution is -2.33. The van der Waals surface area contributed by atoms with Crippen LogP contribution in [-0.4, -0.2) is 37.3 Å². The Balaban J connectivity index is 1.77. The van der Waals surface area contributed by atoms with Crippen LogP contribution in [0.3, 0.4) is 0 Å². The molecule has 1 fully saturated rings. The number of hydrogen-bond acceptors (Lipinski definition) is 5. The Morgan fingerprint density at radius 3 is 2.83 bits per heavy atom. The van der Waals surface area contributed by atoms with Crippen LogP contribution in [0.2, 0.25) is 0 Å². The summed E-state index contributed by atoms with van der Waals surface area (Å²) in [6.07, 6.45) is 2.76. The number of rotatable bonds is 3. The van der Waals surface area contributed by atoms with Crippen LogP contribution in [0.15, 0.2) is 0 Å². The number of fused-ring (bicyclic) bond motifs is 1. The molecule has 0 radical (unpaired) electrons. The van der Waals surface area contributed by atoms with E-state index in [2.05, 4.69) is 15.0 Å². The van der Waals surface area contributed by atoms with Gasteiger partial charge in [0.05, 0.1) is 5.69 Å². The van der Waals surface area contributed by atoms with Crippen LogP contribution in [0.1, 0.15) is 23.4 Å². The highest BCUT2D eigenvalue weighted by atomic mass is 32.2. The number of aromatic nitrogens is 1. The molecule has 0 amide bonds. The van der Waals surface area contributed by atoms with Gasteiger partial charge in [0.2, 0.25) is 0 Å². The molecule has 1 aromatic rings. The molecule has 0 bridgehead atoms. The highest BCUT2D eigenvalue weighted by Gasteiger charge is 2.26. The Hall–Kier alpha value is -0.700. The Morgan fingerprint density at radius 2 is 2.11 bits per heavy atom. The van der Waals surface area contributed by atoms with Crippen LogP contribution in [0.5, 0.6) is 0 Å². The molecule has 0 atom stereocenters. The number of hydrogen-bond donors (Lipinski definition) is 2. The molecular weight excluding hydrogens is 272 g/mol. The van der Waals surface area contributed by atoms with Crippen LogP contribution in [-0.2, 0) is 23.2 Å². The summed E-state index contributed by atoms with van der Waals surface area (Å²) in [6.45, 7) is 2.93. The van der Waals surface area contributed by atoms with Crippen molar-refractivity contribution < 1.29 is 8.42 Å². The van der Waals surface area contributed by atoms with E-state index in [0.29, 0.717) is 18.2 Å². The minimum absolute atomic E-state index is 0.496. The average Bonchev–Trinajstić information content (AvgIpc) is 2.96. The van der Waals surface area contributed by atoms with Crippen molar-refractivity contribution in [2.75, 3.05) is 24.4 Å². The van der Waals surface area contributed by atoms with E-state index in [9.17, 15) is 8.42 Å². The molecule has 6 nitrogen and oxygen atoms in total. The van der Waals surface area contributed by atoms with E-state index in [1.165, 1.54) is 15.6 Å². The van der Waals surface area contributed by atoms with E-state index in [1.807, 2.05) is 0 Å². The van der Waals surface area contributed by atoms with Gasteiger partial charge in [-0.15, -0.1) is 0 Å². The van der Waals surface area contributed by atoms with E-state index in [1.54, 1.807) is 0 Å². The molecule has 3 heterocycles. The minimum atomic E-state index is -3.40. The average molecular weight is 288 g/mol. The van der Waals surface area contributed by atoms with Gasteiger partial charge in [0.15, 0.2) is 5.13 Å². The second-order valence-corrected chi connectivity index (χ2v) is 7.28. The smallest absolute Gasteiger partial charge is 0.303 e. The topological polar surface area (TPSA) is 74.3 Å². The van der Waals surface area contributed by atoms with Crippen LogP contribution in [0, 0.1) is 0 Å².